The van der Waals surface area contributed by atoms with Gasteiger partial charge in [0.15, 0.2) is 11.6 Å². The summed E-state index contributed by atoms with van der Waals surface area (Å²) in [5.41, 5.74) is 0.778. The summed E-state index contributed by atoms with van der Waals surface area (Å²) >= 11 is 0. The number of carbonyl (C=O) groups excluding carboxylic acids is 1. The monoisotopic (exact) mass is 494 g/mol. The first-order valence-corrected chi connectivity index (χ1v) is 12.2. The molecular formula is C30H29F3O3. The van der Waals surface area contributed by atoms with Gasteiger partial charge >= 0.3 is 5.97 Å². The fourth-order valence-electron chi connectivity index (χ4n) is 4.55. The zero-order chi connectivity index (χ0) is 25.7. The lowest BCUT2D eigenvalue weighted by molar-refractivity contribution is 0.0728. The molecular weight excluding hydrogens is 465 g/mol. The van der Waals surface area contributed by atoms with E-state index in [0.29, 0.717) is 41.4 Å². The van der Waals surface area contributed by atoms with Crippen LogP contribution in [-0.4, -0.2) is 12.6 Å². The number of rotatable bonds is 8. The summed E-state index contributed by atoms with van der Waals surface area (Å²) in [7, 11) is 0. The lowest BCUT2D eigenvalue weighted by atomic mass is 9.79. The molecule has 0 unspecified atom stereocenters. The van der Waals surface area contributed by atoms with Gasteiger partial charge in [-0.2, -0.15) is 0 Å². The molecule has 1 saturated carbocycles. The summed E-state index contributed by atoms with van der Waals surface area (Å²) in [6.45, 7) is 6.19. The van der Waals surface area contributed by atoms with Crippen molar-refractivity contribution in [3.05, 3.63) is 95.8 Å². The molecule has 6 heteroatoms. The second-order valence-corrected chi connectivity index (χ2v) is 9.27. The van der Waals surface area contributed by atoms with Crippen LogP contribution >= 0.6 is 0 Å². The molecule has 1 aliphatic carbocycles. The molecule has 0 aromatic heterocycles. The largest absolute Gasteiger partial charge is 0.493 e. The zero-order valence-electron chi connectivity index (χ0n) is 20.2. The Hall–Kier alpha value is -3.54. The van der Waals surface area contributed by atoms with Crippen molar-refractivity contribution in [1.29, 1.82) is 0 Å². The van der Waals surface area contributed by atoms with E-state index in [4.69, 9.17) is 9.47 Å². The van der Waals surface area contributed by atoms with Gasteiger partial charge in [-0.05, 0) is 72.6 Å². The fourth-order valence-corrected chi connectivity index (χ4v) is 4.55. The first-order chi connectivity index (χ1) is 17.4. The van der Waals surface area contributed by atoms with Crippen molar-refractivity contribution >= 4 is 5.97 Å². The third-order valence-electron chi connectivity index (χ3n) is 6.69. The van der Waals surface area contributed by atoms with Crippen LogP contribution in [0.25, 0.3) is 11.1 Å². The van der Waals surface area contributed by atoms with E-state index in [1.807, 2.05) is 0 Å². The maximum Gasteiger partial charge on any atom is 0.346 e. The molecule has 0 heterocycles. The van der Waals surface area contributed by atoms with Crippen molar-refractivity contribution in [2.45, 2.75) is 44.9 Å². The molecule has 0 aliphatic heterocycles. The normalized spacial score (nSPS) is 17.4. The van der Waals surface area contributed by atoms with Gasteiger partial charge in [-0.3, -0.25) is 0 Å². The van der Waals surface area contributed by atoms with Gasteiger partial charge in [-0.1, -0.05) is 44.0 Å². The summed E-state index contributed by atoms with van der Waals surface area (Å²) in [6, 6.07) is 13.5. The highest BCUT2D eigenvalue weighted by molar-refractivity contribution is 5.91. The molecule has 0 atom stereocenters. The van der Waals surface area contributed by atoms with Crippen LogP contribution in [0.4, 0.5) is 13.2 Å². The van der Waals surface area contributed by atoms with E-state index >= 15 is 0 Å². The van der Waals surface area contributed by atoms with Crippen molar-refractivity contribution in [1.82, 2.24) is 0 Å². The molecule has 36 heavy (non-hydrogen) atoms. The van der Waals surface area contributed by atoms with E-state index in [-0.39, 0.29) is 11.7 Å². The van der Waals surface area contributed by atoms with Crippen molar-refractivity contribution < 1.29 is 27.4 Å². The SMILES string of the molecule is C=CCCOc1ccc(-c2ccc(OC(=O)c3ccc(C4CCC(C)CC4)c(F)c3F)cc2)c(F)c1. The molecule has 0 spiro atoms. The van der Waals surface area contributed by atoms with Gasteiger partial charge in [-0.15, -0.1) is 6.58 Å². The maximum atomic E-state index is 14.8. The number of esters is 1. The van der Waals surface area contributed by atoms with Crippen molar-refractivity contribution in [3.8, 4) is 22.6 Å². The van der Waals surface area contributed by atoms with E-state index in [2.05, 4.69) is 13.5 Å². The second kappa shape index (κ2) is 11.5. The molecule has 1 fully saturated rings. The standard InChI is InChI=1S/C30H29F3O3/c1-3-4-17-35-23-13-14-24(27(31)18-23)20-9-11-22(12-10-20)36-30(34)26-16-15-25(28(32)29(26)33)21-7-5-19(2)6-8-21/h3,9-16,18-19,21H,1,4-8,17H2,2H3. The van der Waals surface area contributed by atoms with E-state index in [9.17, 15) is 18.0 Å². The number of carbonyl (C=O) groups is 1. The molecule has 0 bridgehead atoms. The van der Waals surface area contributed by atoms with Crippen LogP contribution in [0.2, 0.25) is 0 Å². The van der Waals surface area contributed by atoms with Crippen LogP contribution in [0.1, 0.15) is 60.9 Å². The third-order valence-corrected chi connectivity index (χ3v) is 6.69. The molecule has 0 amide bonds. The molecule has 1 aliphatic rings. The van der Waals surface area contributed by atoms with Gasteiger partial charge in [0.1, 0.15) is 17.3 Å². The quantitative estimate of drug-likeness (QED) is 0.137. The minimum Gasteiger partial charge on any atom is -0.493 e. The van der Waals surface area contributed by atoms with Gasteiger partial charge in [0.05, 0.1) is 12.2 Å². The number of halogens is 3. The van der Waals surface area contributed by atoms with E-state index < -0.39 is 29.0 Å². The second-order valence-electron chi connectivity index (χ2n) is 9.27. The smallest absolute Gasteiger partial charge is 0.346 e. The topological polar surface area (TPSA) is 35.5 Å². The summed E-state index contributed by atoms with van der Waals surface area (Å²) in [5.74, 6) is -2.51. The summed E-state index contributed by atoms with van der Waals surface area (Å²) < 4.78 is 54.9. The number of benzene rings is 3. The van der Waals surface area contributed by atoms with Crippen LogP contribution in [0.3, 0.4) is 0 Å². The molecule has 0 radical (unpaired) electrons. The zero-order valence-corrected chi connectivity index (χ0v) is 20.2. The Labute approximate surface area is 209 Å². The summed E-state index contributed by atoms with van der Waals surface area (Å²) in [5, 5.41) is 0. The van der Waals surface area contributed by atoms with Crippen LogP contribution in [0.15, 0.2) is 67.3 Å². The van der Waals surface area contributed by atoms with Crippen molar-refractivity contribution in [2.24, 2.45) is 5.92 Å². The minimum atomic E-state index is -1.19. The molecule has 0 N–H and O–H groups in total. The Morgan fingerprint density at radius 3 is 2.31 bits per heavy atom. The minimum absolute atomic E-state index is 0.0403. The van der Waals surface area contributed by atoms with Crippen molar-refractivity contribution in [2.75, 3.05) is 6.61 Å². The highest BCUT2D eigenvalue weighted by atomic mass is 19.2. The Morgan fingerprint density at radius 2 is 1.64 bits per heavy atom. The Kier molecular flexibility index (Phi) is 8.14. The summed E-state index contributed by atoms with van der Waals surface area (Å²) in [4.78, 5) is 12.6. The lowest BCUT2D eigenvalue weighted by Gasteiger charge is -2.27. The van der Waals surface area contributed by atoms with Gasteiger partial charge in [0.2, 0.25) is 0 Å². The van der Waals surface area contributed by atoms with Gasteiger partial charge in [0.25, 0.3) is 0 Å². The van der Waals surface area contributed by atoms with E-state index in [0.717, 1.165) is 25.7 Å². The molecule has 188 valence electrons. The van der Waals surface area contributed by atoms with E-state index in [1.54, 1.807) is 30.3 Å². The van der Waals surface area contributed by atoms with Gasteiger partial charge in [-0.25, -0.2) is 18.0 Å². The lowest BCUT2D eigenvalue weighted by Crippen LogP contribution is -2.16. The van der Waals surface area contributed by atoms with Crippen LogP contribution in [0.5, 0.6) is 11.5 Å². The predicted octanol–water partition coefficient (Wildman–Crippen LogP) is 8.24. The molecule has 3 aromatic rings. The van der Waals surface area contributed by atoms with Gasteiger partial charge < -0.3 is 9.47 Å². The molecule has 0 saturated heterocycles. The predicted molar refractivity (Wildman–Crippen MR) is 134 cm³/mol. The van der Waals surface area contributed by atoms with Crippen LogP contribution < -0.4 is 9.47 Å². The number of hydrogen-bond donors (Lipinski definition) is 0. The molecule has 3 nitrogen and oxygen atoms in total. The first-order valence-electron chi connectivity index (χ1n) is 12.2. The number of hydrogen-bond acceptors (Lipinski definition) is 3. The van der Waals surface area contributed by atoms with Gasteiger partial charge in [0, 0.05) is 11.6 Å². The highest BCUT2D eigenvalue weighted by Crippen LogP contribution is 2.37. The fraction of sp³-hybridized carbons (Fsp3) is 0.300. The Balaban J connectivity index is 1.44. The Bertz CT molecular complexity index is 1230. The molecule has 4 rings (SSSR count). The van der Waals surface area contributed by atoms with E-state index in [1.165, 1.54) is 30.3 Å². The maximum absolute atomic E-state index is 14.8. The Morgan fingerprint density at radius 1 is 0.944 bits per heavy atom. The van der Waals surface area contributed by atoms with Crippen LogP contribution in [-0.2, 0) is 0 Å². The molecule has 3 aromatic carbocycles. The third kappa shape index (κ3) is 5.81. The average Bonchev–Trinajstić information content (AvgIpc) is 2.87. The number of ether oxygens (including phenoxy) is 2. The van der Waals surface area contributed by atoms with Crippen LogP contribution in [0, 0.1) is 23.4 Å². The first kappa shape index (κ1) is 25.5. The highest BCUT2D eigenvalue weighted by Gasteiger charge is 2.27. The average molecular weight is 495 g/mol. The summed E-state index contributed by atoms with van der Waals surface area (Å²) in [6.07, 6.45) is 5.94. The van der Waals surface area contributed by atoms with Crippen molar-refractivity contribution in [3.63, 3.8) is 0 Å².